The Morgan fingerprint density at radius 1 is 1.28 bits per heavy atom. The molecule has 140 valence electrons. The largest absolute Gasteiger partial charge is 0.381 e. The maximum atomic E-state index is 12.6. The minimum Gasteiger partial charge on any atom is -0.381 e. The van der Waals surface area contributed by atoms with Crippen molar-refractivity contribution in [1.82, 2.24) is 10.6 Å². The van der Waals surface area contributed by atoms with E-state index in [0.29, 0.717) is 13.2 Å². The molecule has 2 saturated heterocycles. The van der Waals surface area contributed by atoms with E-state index in [0.717, 1.165) is 32.6 Å². The maximum Gasteiger partial charge on any atom is 0.239 e. The molecule has 2 fully saturated rings. The molecular formula is C19H29ClN2O3. The van der Waals surface area contributed by atoms with Gasteiger partial charge in [-0.2, -0.15) is 0 Å². The van der Waals surface area contributed by atoms with E-state index < -0.39 is 0 Å². The lowest BCUT2D eigenvalue weighted by atomic mass is 9.72. The number of nitrogens with one attached hydrogen (secondary N) is 2. The molecule has 25 heavy (non-hydrogen) atoms. The van der Waals surface area contributed by atoms with Gasteiger partial charge >= 0.3 is 0 Å². The van der Waals surface area contributed by atoms with E-state index in [2.05, 4.69) is 41.8 Å². The van der Waals surface area contributed by atoms with Crippen LogP contribution in [0, 0.1) is 6.92 Å². The Morgan fingerprint density at radius 2 is 2.00 bits per heavy atom. The van der Waals surface area contributed by atoms with Gasteiger partial charge in [-0.3, -0.25) is 4.79 Å². The Labute approximate surface area is 156 Å². The average Bonchev–Trinajstić information content (AvgIpc) is 2.61. The molecule has 2 aliphatic heterocycles. The third-order valence-electron chi connectivity index (χ3n) is 5.37. The zero-order valence-corrected chi connectivity index (χ0v) is 15.9. The molecule has 2 heterocycles. The van der Waals surface area contributed by atoms with Crippen LogP contribution in [0.4, 0.5) is 0 Å². The maximum absolute atomic E-state index is 12.6. The highest BCUT2D eigenvalue weighted by molar-refractivity contribution is 5.85. The van der Waals surface area contributed by atoms with Gasteiger partial charge in [-0.05, 0) is 37.8 Å². The number of hydrogen-bond donors (Lipinski definition) is 2. The molecular weight excluding hydrogens is 340 g/mol. The number of amides is 1. The molecule has 0 radical (unpaired) electrons. The summed E-state index contributed by atoms with van der Waals surface area (Å²) in [5, 5.41) is 6.44. The van der Waals surface area contributed by atoms with E-state index in [1.807, 2.05) is 6.92 Å². The van der Waals surface area contributed by atoms with Gasteiger partial charge in [0.1, 0.15) is 6.04 Å². The van der Waals surface area contributed by atoms with Crippen molar-refractivity contribution in [1.29, 1.82) is 0 Å². The number of halogens is 1. The van der Waals surface area contributed by atoms with E-state index in [1.54, 1.807) is 0 Å². The zero-order chi connectivity index (χ0) is 17.0. The van der Waals surface area contributed by atoms with E-state index in [4.69, 9.17) is 9.47 Å². The molecule has 1 aromatic rings. The average molecular weight is 369 g/mol. The van der Waals surface area contributed by atoms with Crippen molar-refractivity contribution in [2.45, 2.75) is 44.2 Å². The SMILES string of the molecule is Cc1ccccc1C1(CNC(=O)[C@H]2NCCO[C@@H]2C)CCOCC1.Cl. The van der Waals surface area contributed by atoms with Crippen molar-refractivity contribution in [2.75, 3.05) is 32.9 Å². The second-order valence-electron chi connectivity index (χ2n) is 6.93. The van der Waals surface area contributed by atoms with E-state index in [9.17, 15) is 4.79 Å². The summed E-state index contributed by atoms with van der Waals surface area (Å²) in [6.07, 6.45) is 1.77. The van der Waals surface area contributed by atoms with Gasteiger partial charge in [0.15, 0.2) is 0 Å². The molecule has 0 unspecified atom stereocenters. The number of carbonyl (C=O) groups excluding carboxylic acids is 1. The van der Waals surface area contributed by atoms with E-state index >= 15 is 0 Å². The van der Waals surface area contributed by atoms with Crippen LogP contribution in [-0.4, -0.2) is 51.0 Å². The molecule has 1 aromatic carbocycles. The first-order chi connectivity index (χ1) is 11.6. The molecule has 0 saturated carbocycles. The smallest absolute Gasteiger partial charge is 0.239 e. The lowest BCUT2D eigenvalue weighted by Gasteiger charge is -2.39. The summed E-state index contributed by atoms with van der Waals surface area (Å²) in [6, 6.07) is 8.22. The highest BCUT2D eigenvalue weighted by Crippen LogP contribution is 2.36. The minimum atomic E-state index is -0.271. The van der Waals surface area contributed by atoms with Gasteiger partial charge in [-0.1, -0.05) is 24.3 Å². The molecule has 2 N–H and O–H groups in total. The molecule has 0 aliphatic carbocycles. The van der Waals surface area contributed by atoms with E-state index in [1.165, 1.54) is 11.1 Å². The number of aryl methyl sites for hydroxylation is 1. The first-order valence-corrected chi connectivity index (χ1v) is 8.89. The summed E-state index contributed by atoms with van der Waals surface area (Å²) in [5.41, 5.74) is 2.56. The number of ether oxygens (including phenoxy) is 2. The molecule has 3 rings (SSSR count). The van der Waals surface area contributed by atoms with Gasteiger partial charge in [-0.15, -0.1) is 12.4 Å². The molecule has 6 heteroatoms. The Hall–Kier alpha value is -1.14. The minimum absolute atomic E-state index is 0. The molecule has 0 aromatic heterocycles. The topological polar surface area (TPSA) is 59.6 Å². The highest BCUT2D eigenvalue weighted by Gasteiger charge is 2.37. The highest BCUT2D eigenvalue weighted by atomic mass is 35.5. The Kier molecular flexibility index (Phi) is 7.25. The van der Waals surface area contributed by atoms with Crippen LogP contribution in [0.3, 0.4) is 0 Å². The number of hydrogen-bond acceptors (Lipinski definition) is 4. The standard InChI is InChI=1S/C19H28N2O3.ClH/c1-14-5-3-4-6-16(14)19(7-10-23-11-8-19)13-21-18(22)17-15(2)24-12-9-20-17;/h3-6,15,17,20H,7-13H2,1-2H3,(H,21,22);1H/t15-,17+;/m1./s1. The molecule has 0 spiro atoms. The lowest BCUT2D eigenvalue weighted by Crippen LogP contribution is -2.57. The number of morpholine rings is 1. The van der Waals surface area contributed by atoms with Crippen LogP contribution in [-0.2, 0) is 19.7 Å². The predicted molar refractivity (Wildman–Crippen MR) is 100 cm³/mol. The second kappa shape index (κ2) is 8.99. The lowest BCUT2D eigenvalue weighted by molar-refractivity contribution is -0.129. The van der Waals surface area contributed by atoms with Crippen molar-refractivity contribution in [2.24, 2.45) is 0 Å². The third kappa shape index (κ3) is 4.53. The van der Waals surface area contributed by atoms with Crippen LogP contribution in [0.25, 0.3) is 0 Å². The van der Waals surface area contributed by atoms with Crippen LogP contribution < -0.4 is 10.6 Å². The quantitative estimate of drug-likeness (QED) is 0.853. The van der Waals surface area contributed by atoms with Gasteiger partial charge in [-0.25, -0.2) is 0 Å². The molecule has 1 amide bonds. The summed E-state index contributed by atoms with van der Waals surface area (Å²) < 4.78 is 11.2. The molecule has 0 bridgehead atoms. The third-order valence-corrected chi connectivity index (χ3v) is 5.37. The second-order valence-corrected chi connectivity index (χ2v) is 6.93. The summed E-state index contributed by atoms with van der Waals surface area (Å²) in [7, 11) is 0. The summed E-state index contributed by atoms with van der Waals surface area (Å²) in [4.78, 5) is 12.6. The van der Waals surface area contributed by atoms with Crippen molar-refractivity contribution in [3.05, 3.63) is 35.4 Å². The zero-order valence-electron chi connectivity index (χ0n) is 15.0. The van der Waals surface area contributed by atoms with Gasteiger partial charge in [0.25, 0.3) is 0 Å². The van der Waals surface area contributed by atoms with Crippen LogP contribution in [0.1, 0.15) is 30.9 Å². The number of benzene rings is 1. The fourth-order valence-corrected chi connectivity index (χ4v) is 3.86. The summed E-state index contributed by atoms with van der Waals surface area (Å²) >= 11 is 0. The van der Waals surface area contributed by atoms with Gasteiger partial charge < -0.3 is 20.1 Å². The summed E-state index contributed by atoms with van der Waals surface area (Å²) in [5.74, 6) is 0.0293. The first-order valence-electron chi connectivity index (χ1n) is 8.89. The monoisotopic (exact) mass is 368 g/mol. The normalized spacial score (nSPS) is 25.7. The first kappa shape index (κ1) is 20.2. The summed E-state index contributed by atoms with van der Waals surface area (Å²) in [6.45, 7) is 7.60. The Bertz CT molecular complexity index is 576. The molecule has 2 atom stereocenters. The Balaban J connectivity index is 0.00000225. The van der Waals surface area contributed by atoms with Gasteiger partial charge in [0, 0.05) is 31.7 Å². The molecule has 5 nitrogen and oxygen atoms in total. The predicted octanol–water partition coefficient (Wildman–Crippen LogP) is 1.96. The fourth-order valence-electron chi connectivity index (χ4n) is 3.86. The van der Waals surface area contributed by atoms with Crippen LogP contribution >= 0.6 is 12.4 Å². The van der Waals surface area contributed by atoms with Crippen molar-refractivity contribution >= 4 is 18.3 Å². The van der Waals surface area contributed by atoms with Crippen molar-refractivity contribution in [3.63, 3.8) is 0 Å². The fraction of sp³-hybridized carbons (Fsp3) is 0.632. The van der Waals surface area contributed by atoms with Crippen molar-refractivity contribution in [3.8, 4) is 0 Å². The van der Waals surface area contributed by atoms with Gasteiger partial charge in [0.2, 0.25) is 5.91 Å². The molecule has 2 aliphatic rings. The number of rotatable bonds is 4. The number of carbonyl (C=O) groups is 1. The van der Waals surface area contributed by atoms with Crippen LogP contribution in [0.15, 0.2) is 24.3 Å². The van der Waals surface area contributed by atoms with Crippen LogP contribution in [0.5, 0.6) is 0 Å². The Morgan fingerprint density at radius 3 is 2.68 bits per heavy atom. The van der Waals surface area contributed by atoms with Crippen LogP contribution in [0.2, 0.25) is 0 Å². The van der Waals surface area contributed by atoms with Crippen molar-refractivity contribution < 1.29 is 14.3 Å². The van der Waals surface area contributed by atoms with E-state index in [-0.39, 0.29) is 35.9 Å². The van der Waals surface area contributed by atoms with Gasteiger partial charge in [0.05, 0.1) is 12.7 Å².